The first-order chi connectivity index (χ1) is 15.5. The average Bonchev–Trinajstić information content (AvgIpc) is 2.83. The second kappa shape index (κ2) is 9.60. The fourth-order valence-corrected chi connectivity index (χ4v) is 3.90. The van der Waals surface area contributed by atoms with Gasteiger partial charge in [-0.3, -0.25) is 14.4 Å². The predicted molar refractivity (Wildman–Crippen MR) is 122 cm³/mol. The first kappa shape index (κ1) is 21.5. The van der Waals surface area contributed by atoms with Gasteiger partial charge in [-0.05, 0) is 56.0 Å². The molecule has 0 atom stereocenters. The van der Waals surface area contributed by atoms with E-state index in [0.29, 0.717) is 11.3 Å². The summed E-state index contributed by atoms with van der Waals surface area (Å²) >= 11 is 0. The predicted octanol–water partition coefficient (Wildman–Crippen LogP) is 3.10. The molecule has 0 saturated carbocycles. The Hall–Kier alpha value is -3.74. The highest BCUT2D eigenvalue weighted by atomic mass is 16.2. The van der Waals surface area contributed by atoms with Crippen LogP contribution in [0.3, 0.4) is 0 Å². The largest absolute Gasteiger partial charge is 0.346 e. The maximum absolute atomic E-state index is 12.7. The van der Waals surface area contributed by atoms with Gasteiger partial charge in [-0.15, -0.1) is 0 Å². The van der Waals surface area contributed by atoms with Gasteiger partial charge >= 0.3 is 0 Å². The lowest BCUT2D eigenvalue weighted by Gasteiger charge is -2.26. The Morgan fingerprint density at radius 1 is 0.969 bits per heavy atom. The van der Waals surface area contributed by atoms with E-state index in [2.05, 4.69) is 10.4 Å². The number of aryl methyl sites for hydroxylation is 1. The molecule has 0 bridgehead atoms. The zero-order valence-electron chi connectivity index (χ0n) is 18.1. The molecular formula is C25H26N4O3. The van der Waals surface area contributed by atoms with Crippen LogP contribution < -0.4 is 10.7 Å². The maximum Gasteiger partial charge on any atom is 0.276 e. The monoisotopic (exact) mass is 430 g/mol. The highest BCUT2D eigenvalue weighted by Gasteiger charge is 2.19. The molecule has 7 nitrogen and oxygen atoms in total. The molecule has 1 saturated heterocycles. The molecule has 2 amide bonds. The van der Waals surface area contributed by atoms with Crippen molar-refractivity contribution in [3.8, 4) is 5.69 Å². The van der Waals surface area contributed by atoms with Crippen molar-refractivity contribution in [1.29, 1.82) is 0 Å². The third-order valence-corrected chi connectivity index (χ3v) is 5.59. The highest BCUT2D eigenvalue weighted by Crippen LogP contribution is 2.14. The Bertz CT molecular complexity index is 1180. The van der Waals surface area contributed by atoms with Gasteiger partial charge in [-0.25, -0.2) is 4.68 Å². The molecule has 3 aromatic rings. The minimum Gasteiger partial charge on any atom is -0.346 e. The number of carbonyl (C=O) groups excluding carboxylic acids is 2. The van der Waals surface area contributed by atoms with Gasteiger partial charge in [0.1, 0.15) is 0 Å². The molecule has 1 aliphatic heterocycles. The normalized spacial score (nSPS) is 13.6. The summed E-state index contributed by atoms with van der Waals surface area (Å²) in [7, 11) is 0. The Morgan fingerprint density at radius 2 is 1.72 bits per heavy atom. The maximum atomic E-state index is 12.7. The molecule has 7 heteroatoms. The molecule has 0 unspecified atom stereocenters. The van der Waals surface area contributed by atoms with Crippen LogP contribution in [0, 0.1) is 6.92 Å². The molecule has 2 heterocycles. The molecular weight excluding hydrogens is 404 g/mol. The zero-order chi connectivity index (χ0) is 22.5. The van der Waals surface area contributed by atoms with E-state index in [1.807, 2.05) is 47.4 Å². The number of nitrogens with zero attached hydrogens (tertiary/aromatic N) is 3. The Balaban J connectivity index is 1.48. The molecule has 1 aromatic heterocycles. The Kier molecular flexibility index (Phi) is 6.44. The van der Waals surface area contributed by atoms with Crippen LogP contribution in [0.25, 0.3) is 5.69 Å². The molecule has 1 aliphatic rings. The average molecular weight is 431 g/mol. The van der Waals surface area contributed by atoms with Gasteiger partial charge in [0.25, 0.3) is 11.8 Å². The van der Waals surface area contributed by atoms with Crippen molar-refractivity contribution in [2.24, 2.45) is 0 Å². The Morgan fingerprint density at radius 3 is 2.47 bits per heavy atom. The first-order valence-electron chi connectivity index (χ1n) is 10.9. The lowest BCUT2D eigenvalue weighted by Crippen LogP contribution is -2.35. The smallest absolute Gasteiger partial charge is 0.276 e. The second-order valence-electron chi connectivity index (χ2n) is 7.98. The number of para-hydroxylation sites is 1. The second-order valence-corrected chi connectivity index (χ2v) is 7.98. The van der Waals surface area contributed by atoms with Crippen LogP contribution in [0.1, 0.15) is 51.4 Å². The van der Waals surface area contributed by atoms with E-state index < -0.39 is 11.3 Å². The van der Waals surface area contributed by atoms with Crippen LogP contribution in [0.5, 0.6) is 0 Å². The lowest BCUT2D eigenvalue weighted by atomic mass is 10.1. The van der Waals surface area contributed by atoms with Crippen LogP contribution in [-0.4, -0.2) is 39.6 Å². The first-order valence-corrected chi connectivity index (χ1v) is 10.9. The molecule has 0 radical (unpaired) electrons. The summed E-state index contributed by atoms with van der Waals surface area (Å²) in [5.74, 6) is -0.531. The number of hydrogen-bond acceptors (Lipinski definition) is 4. The topological polar surface area (TPSA) is 84.3 Å². The minimum absolute atomic E-state index is 0.0174. The van der Waals surface area contributed by atoms with E-state index in [9.17, 15) is 14.4 Å². The van der Waals surface area contributed by atoms with Crippen molar-refractivity contribution in [2.75, 3.05) is 13.1 Å². The van der Waals surface area contributed by atoms with Crippen molar-refractivity contribution in [2.45, 2.75) is 32.7 Å². The molecule has 0 spiro atoms. The van der Waals surface area contributed by atoms with Gasteiger partial charge < -0.3 is 10.2 Å². The number of rotatable bonds is 5. The minimum atomic E-state index is -0.549. The third-order valence-electron chi connectivity index (χ3n) is 5.59. The van der Waals surface area contributed by atoms with E-state index >= 15 is 0 Å². The van der Waals surface area contributed by atoms with Crippen molar-refractivity contribution >= 4 is 11.8 Å². The fourth-order valence-electron chi connectivity index (χ4n) is 3.90. The third kappa shape index (κ3) is 4.77. The van der Waals surface area contributed by atoms with Crippen LogP contribution in [0.15, 0.2) is 65.5 Å². The number of benzene rings is 2. The summed E-state index contributed by atoms with van der Waals surface area (Å²) in [6.45, 7) is 3.54. The van der Waals surface area contributed by atoms with E-state index in [1.54, 1.807) is 23.7 Å². The summed E-state index contributed by atoms with van der Waals surface area (Å²) in [5.41, 5.74) is 2.21. The summed E-state index contributed by atoms with van der Waals surface area (Å²) in [5, 5.41) is 7.05. The van der Waals surface area contributed by atoms with Gasteiger partial charge in [0.05, 0.1) is 5.69 Å². The lowest BCUT2D eigenvalue weighted by molar-refractivity contribution is 0.0724. The van der Waals surface area contributed by atoms with E-state index in [4.69, 9.17) is 0 Å². The molecule has 4 rings (SSSR count). The van der Waals surface area contributed by atoms with E-state index in [1.165, 1.54) is 6.07 Å². The number of amides is 2. The van der Waals surface area contributed by atoms with E-state index in [0.717, 1.165) is 43.6 Å². The van der Waals surface area contributed by atoms with Crippen LogP contribution in [0.4, 0.5) is 0 Å². The van der Waals surface area contributed by atoms with Crippen molar-refractivity contribution in [3.63, 3.8) is 0 Å². The summed E-state index contributed by atoms with van der Waals surface area (Å²) < 4.78 is 1.58. The Labute approximate surface area is 186 Å². The van der Waals surface area contributed by atoms with Gasteiger partial charge in [0.15, 0.2) is 5.69 Å². The number of piperidine rings is 1. The molecule has 164 valence electrons. The van der Waals surface area contributed by atoms with Crippen LogP contribution >= 0.6 is 0 Å². The van der Waals surface area contributed by atoms with Gasteiger partial charge in [-0.2, -0.15) is 5.10 Å². The molecule has 0 aliphatic carbocycles. The molecule has 1 N–H and O–H groups in total. The van der Waals surface area contributed by atoms with Crippen molar-refractivity contribution < 1.29 is 9.59 Å². The summed E-state index contributed by atoms with van der Waals surface area (Å²) in [4.78, 5) is 39.8. The van der Waals surface area contributed by atoms with Crippen molar-refractivity contribution in [3.05, 3.63) is 93.4 Å². The van der Waals surface area contributed by atoms with Crippen LogP contribution in [-0.2, 0) is 6.54 Å². The zero-order valence-corrected chi connectivity index (χ0v) is 18.1. The summed E-state index contributed by atoms with van der Waals surface area (Å²) in [6, 6.07) is 18.0. The van der Waals surface area contributed by atoms with Crippen LogP contribution in [0.2, 0.25) is 0 Å². The van der Waals surface area contributed by atoms with Crippen molar-refractivity contribution in [1.82, 2.24) is 20.0 Å². The molecule has 2 aromatic carbocycles. The SMILES string of the molecule is Cc1cc(=O)c(C(=O)NCc2cccc(C(=O)N3CCCCC3)c2)nn1-c1ccccc1. The number of likely N-dealkylation sites (tertiary alicyclic amines) is 1. The number of aromatic nitrogens is 2. The standard InChI is InChI=1S/C25H26N4O3/c1-18-15-22(30)23(27-29(18)21-11-4-2-5-12-21)24(31)26-17-19-9-8-10-20(16-19)25(32)28-13-6-3-7-14-28/h2,4-5,8-12,15-16H,3,6-7,13-14,17H2,1H3,(H,26,31). The van der Waals surface area contributed by atoms with Gasteiger partial charge in [0.2, 0.25) is 5.43 Å². The number of carbonyl (C=O) groups is 2. The molecule has 32 heavy (non-hydrogen) atoms. The quantitative estimate of drug-likeness (QED) is 0.674. The van der Waals surface area contributed by atoms with Gasteiger partial charge in [-0.1, -0.05) is 30.3 Å². The fraction of sp³-hybridized carbons (Fsp3) is 0.280. The highest BCUT2D eigenvalue weighted by molar-refractivity contribution is 5.94. The summed E-state index contributed by atoms with van der Waals surface area (Å²) in [6.07, 6.45) is 3.23. The number of hydrogen-bond donors (Lipinski definition) is 1. The molecule has 1 fully saturated rings. The van der Waals surface area contributed by atoms with Gasteiger partial charge in [0, 0.05) is 37.0 Å². The van der Waals surface area contributed by atoms with E-state index in [-0.39, 0.29) is 18.1 Å². The number of nitrogens with one attached hydrogen (secondary N) is 1.